The molecule has 39 heteroatoms. The number of anilines is 2. The number of benzene rings is 2. The zero-order valence-corrected chi connectivity index (χ0v) is 52.6. The van der Waals surface area contributed by atoms with Gasteiger partial charge in [0.05, 0.1) is 31.3 Å². The van der Waals surface area contributed by atoms with Gasteiger partial charge in [0, 0.05) is 30.0 Å². The molecule has 20 N–H and O–H groups in total. The van der Waals surface area contributed by atoms with Gasteiger partial charge in [-0.1, -0.05) is 10.8 Å². The van der Waals surface area contributed by atoms with Crippen molar-refractivity contribution in [1.29, 1.82) is 5.41 Å². The van der Waals surface area contributed by atoms with Crippen LogP contribution in [0.3, 0.4) is 0 Å². The molecule has 0 aliphatic carbocycles. The van der Waals surface area contributed by atoms with E-state index >= 15 is 0 Å². The summed E-state index contributed by atoms with van der Waals surface area (Å²) in [7, 11) is 2.53. The number of nitrogen functional groups attached to an aromatic ring is 1. The van der Waals surface area contributed by atoms with Crippen LogP contribution in [0.5, 0.6) is 0 Å². The van der Waals surface area contributed by atoms with E-state index in [0.717, 1.165) is 33.3 Å². The van der Waals surface area contributed by atoms with Gasteiger partial charge >= 0.3 is 199 Å². The molecule has 0 bridgehead atoms. The number of hydrogen-bond donors (Lipinski definition) is 17. The molecule has 7 amide bonds. The number of carboxylic acid groups (broad SMARTS) is 4. The fourth-order valence-corrected chi connectivity index (χ4v) is 10.9. The monoisotopic (exact) mass is 1360 g/mol. The quantitative estimate of drug-likeness (QED) is 0.00294. The van der Waals surface area contributed by atoms with E-state index in [2.05, 4.69) is 72.4 Å². The molecule has 0 aliphatic rings. The van der Waals surface area contributed by atoms with Gasteiger partial charge in [-0.15, -0.1) is 0 Å². The Hall–Kier alpha value is -10.7. The maximum atomic E-state index is 14.0. The summed E-state index contributed by atoms with van der Waals surface area (Å²) >= 11 is 0. The Bertz CT molecular complexity index is 3650. The summed E-state index contributed by atoms with van der Waals surface area (Å²) in [5, 5.41) is 66.9. The zero-order chi connectivity index (χ0) is 69.9. The van der Waals surface area contributed by atoms with Crippen molar-refractivity contribution in [3.05, 3.63) is 112 Å². The van der Waals surface area contributed by atoms with E-state index in [0.29, 0.717) is 30.6 Å². The summed E-state index contributed by atoms with van der Waals surface area (Å²) in [6.07, 6.45) is 0.180. The average molecular weight is 1360 g/mol. The van der Waals surface area contributed by atoms with E-state index in [9.17, 15) is 82.7 Å². The van der Waals surface area contributed by atoms with E-state index in [-0.39, 0.29) is 77.4 Å². The van der Waals surface area contributed by atoms with Gasteiger partial charge in [-0.05, 0) is 43.5 Å². The molecular weight excluding hydrogens is 1290 g/mol. The minimum atomic E-state index is -2.10. The van der Waals surface area contributed by atoms with E-state index in [1.165, 1.54) is 36.7 Å². The molecule has 0 aliphatic heterocycles. The number of nitrogens with one attached hydrogen (secondary N) is 10. The van der Waals surface area contributed by atoms with Gasteiger partial charge < -0.3 is 63.8 Å². The number of aromatic amines is 1. The molecule has 5 rings (SSSR count). The average Bonchev–Trinajstić information content (AvgIpc) is 0.833. The van der Waals surface area contributed by atoms with Gasteiger partial charge in [0.1, 0.15) is 24.2 Å². The molecule has 0 radical (unpaired) electrons. The topological polar surface area (TPSA) is 584 Å². The van der Waals surface area contributed by atoms with Crippen LogP contribution < -0.4 is 65.4 Å². The summed E-state index contributed by atoms with van der Waals surface area (Å²) in [5.74, 6) is -9.52. The second kappa shape index (κ2) is 37.1. The van der Waals surface area contributed by atoms with Crippen molar-refractivity contribution in [3.63, 3.8) is 0 Å². The summed E-state index contributed by atoms with van der Waals surface area (Å²) in [6, 6.07) is 4.02. The molecule has 3 aromatic heterocycles. The van der Waals surface area contributed by atoms with Crippen LogP contribution in [0.15, 0.2) is 78.0 Å². The van der Waals surface area contributed by atoms with Crippen LogP contribution in [-0.4, -0.2) is 188 Å². The second-order valence-corrected chi connectivity index (χ2v) is 23.9. The number of aliphatic carboxylic acids is 4. The van der Waals surface area contributed by atoms with Crippen molar-refractivity contribution in [2.24, 2.45) is 17.5 Å². The van der Waals surface area contributed by atoms with Crippen LogP contribution in [0.1, 0.15) is 96.6 Å². The standard InChI is InChI=1S/C56H70BN19O17S2/c1-27(2)17-40(57-93)73-49(85)35(18-28-7-4-3-5-8-28)71-50(86)38-24-64-32(23-65-38)25-94-95-26-39(54(91)92)76(61)52(88)37(20-43(80)81)72-47(83)33(9-6-16-62-55(58)59)69-48(84)36(19-42(78)79)68-41(77)15-14-34(53(89)90)70-46(82)29-10-12-30(13-11-29)63-21-31-22-66-45-44(67-31)51(87)75-56(60)74-45/h3-5,7-8,10-13,22-24,27,33-37,39-40,63H,6,9,14-21,25-26,61H2,1-2H3,(H,68,77)(H,69,84)(H,70,82)(H,71,86)(H,72,83)(H,73,85)(H,78,79)(H,80,81)(H,89,90)(H,91,92)(H4,58,59,62)(H3,60,66,74,75,87)/t33-,34-,35-,36-,37-,39-,40-/m0/s1. The molecule has 5 aromatic rings. The van der Waals surface area contributed by atoms with Crippen LogP contribution in [0.2, 0.25) is 0 Å². The molecular formula is C56H70BN19O17S2. The number of nitrogens with two attached hydrogens (primary N) is 3. The molecule has 506 valence electrons. The van der Waals surface area contributed by atoms with E-state index in [1.807, 2.05) is 13.8 Å². The van der Waals surface area contributed by atoms with Gasteiger partial charge in [0.2, 0.25) is 23.7 Å². The Labute approximate surface area is 548 Å². The molecule has 0 fully saturated rings. The van der Waals surface area contributed by atoms with E-state index in [4.69, 9.17) is 22.7 Å². The van der Waals surface area contributed by atoms with Crippen LogP contribution in [0.4, 0.5) is 11.6 Å². The third kappa shape index (κ3) is 25.0. The summed E-state index contributed by atoms with van der Waals surface area (Å²) in [4.78, 5) is 179. The predicted octanol–water partition coefficient (Wildman–Crippen LogP) is -2.06. The summed E-state index contributed by atoms with van der Waals surface area (Å²) in [5.41, 5.74) is 12.0. The van der Waals surface area contributed by atoms with Crippen molar-refractivity contribution in [3.8, 4) is 0 Å². The van der Waals surface area contributed by atoms with E-state index < -0.39 is 150 Å². The van der Waals surface area contributed by atoms with Gasteiger partial charge in [-0.2, -0.15) is 4.98 Å². The first kappa shape index (κ1) is 75.0. The van der Waals surface area contributed by atoms with Crippen LogP contribution in [0.25, 0.3) is 11.2 Å². The number of hydrazine groups is 1. The Kier molecular flexibility index (Phi) is 29.3. The molecule has 3 heterocycles. The number of nitrogens with zero attached hydrogens (tertiary/aromatic N) is 6. The van der Waals surface area contributed by atoms with Gasteiger partial charge in [-0.3, -0.25) is 53.8 Å². The fraction of sp³-hybridized carbons (Fsp3) is 0.393. The summed E-state index contributed by atoms with van der Waals surface area (Å²) < 4.78 is 11.7. The first-order valence-corrected chi connectivity index (χ1v) is 31.4. The van der Waals surface area contributed by atoms with E-state index in [1.54, 1.807) is 30.3 Å². The molecule has 0 saturated carbocycles. The van der Waals surface area contributed by atoms with Gasteiger partial charge in [-0.25, -0.2) is 25.4 Å². The number of rotatable bonds is 39. The van der Waals surface area contributed by atoms with Crippen molar-refractivity contribution in [2.75, 3.05) is 23.3 Å². The fourth-order valence-electron chi connectivity index (χ4n) is 8.73. The zero-order valence-electron chi connectivity index (χ0n) is 50.9. The molecule has 2 aromatic carbocycles. The van der Waals surface area contributed by atoms with Crippen molar-refractivity contribution in [1.82, 2.24) is 72.1 Å². The number of fused-ring (bicyclic) bond motifs is 1. The number of carbonyl (C=O) groups excluding carboxylic acids is 7. The van der Waals surface area contributed by atoms with Gasteiger partial charge in [0.15, 0.2) is 23.2 Å². The predicted molar refractivity (Wildman–Crippen MR) is 341 cm³/mol. The molecule has 36 nitrogen and oxygen atoms in total. The molecule has 95 heavy (non-hydrogen) atoms. The molecule has 0 saturated heterocycles. The van der Waals surface area contributed by atoms with Crippen LogP contribution >= 0.6 is 21.6 Å². The van der Waals surface area contributed by atoms with Crippen LogP contribution in [-0.2, 0) is 66.6 Å². The first-order valence-electron chi connectivity index (χ1n) is 28.9. The maximum absolute atomic E-state index is 14.0. The Morgan fingerprint density at radius 3 is 1.97 bits per heavy atom. The molecule has 7 atom stereocenters. The number of carbonyl (C=O) groups is 11. The number of carboxylic acids is 4. The normalized spacial score (nSPS) is 13.1. The number of aromatic nitrogens is 6. The Morgan fingerprint density at radius 2 is 1.35 bits per heavy atom. The number of guanidine groups is 1. The van der Waals surface area contributed by atoms with Crippen molar-refractivity contribution >= 4 is 123 Å². The van der Waals surface area contributed by atoms with Crippen LogP contribution in [0, 0.1) is 11.3 Å². The number of hydrogen-bond acceptors (Lipinski definition) is 24. The first-order chi connectivity index (χ1) is 45.1. The third-order valence-corrected chi connectivity index (χ3v) is 15.8. The molecule has 0 unspecified atom stereocenters. The number of amides is 7. The Morgan fingerprint density at radius 1 is 0.705 bits per heavy atom. The third-order valence-electron chi connectivity index (χ3n) is 13.5. The number of H-pyrrole nitrogens is 1. The van der Waals surface area contributed by atoms with Crippen molar-refractivity contribution in [2.45, 2.75) is 120 Å². The van der Waals surface area contributed by atoms with Crippen molar-refractivity contribution < 1.29 is 77.9 Å². The Balaban J connectivity index is 1.17. The molecule has 0 spiro atoms. The second-order valence-electron chi connectivity index (χ2n) is 21.4. The van der Waals surface area contributed by atoms with Gasteiger partial charge in [0.25, 0.3) is 17.4 Å². The minimum absolute atomic E-state index is 0.00177. The SMILES string of the molecule is CC(C)C[C@@H](B=O)NC(=O)[C@H](Cc1ccccc1)NC(=O)c1cnc(CSSC[C@@H](C(=O)O)N(N)C(=O)[C@H](CC(=O)O)NC(=O)[C@H](CCCNC(=N)N)NC(=O)[C@H](CC(=O)O)NC(=O)CC[C@H](NC(=O)c2ccc(NCc3cnc4nc(N)[nH]c(=O)c4n3)cc2)C(=O)O)cn1. The summed E-state index contributed by atoms with van der Waals surface area (Å²) in [6.45, 7) is 3.76.